The molecule has 0 aliphatic carbocycles. The standard InChI is InChI=1S/C14H13N3O3S3/c15-23(18,19)11-3-1-10(2-4-11)20-6-8-22-14-12-5-7-21-13(12)16-9-17-14/h1-5,7,9H,6,8H2,(H2,15,18,19). The Hall–Kier alpha value is -1.68. The Bertz CT molecular complexity index is 908. The van der Waals surface area contributed by atoms with Gasteiger partial charge in [0.25, 0.3) is 0 Å². The molecule has 0 bridgehead atoms. The highest BCUT2D eigenvalue weighted by molar-refractivity contribution is 7.99. The van der Waals surface area contributed by atoms with Crippen LogP contribution in [0.25, 0.3) is 10.2 Å². The summed E-state index contributed by atoms with van der Waals surface area (Å²) in [5.41, 5.74) is 0. The van der Waals surface area contributed by atoms with Crippen molar-refractivity contribution in [2.45, 2.75) is 9.92 Å². The topological polar surface area (TPSA) is 95.2 Å². The van der Waals surface area contributed by atoms with E-state index in [1.165, 1.54) is 12.1 Å². The van der Waals surface area contributed by atoms with E-state index in [9.17, 15) is 8.42 Å². The molecule has 9 heteroatoms. The van der Waals surface area contributed by atoms with Crippen LogP contribution in [0.4, 0.5) is 0 Å². The molecule has 0 aliphatic heterocycles. The summed E-state index contributed by atoms with van der Waals surface area (Å²) in [7, 11) is -3.67. The van der Waals surface area contributed by atoms with Crippen molar-refractivity contribution in [2.24, 2.45) is 5.14 Å². The molecule has 2 heterocycles. The van der Waals surface area contributed by atoms with Gasteiger partial charge in [-0.2, -0.15) is 0 Å². The van der Waals surface area contributed by atoms with Crippen LogP contribution in [0.2, 0.25) is 0 Å². The fourth-order valence-corrected chi connectivity index (χ4v) is 4.02. The molecule has 0 atom stereocenters. The van der Waals surface area contributed by atoms with Gasteiger partial charge >= 0.3 is 0 Å². The fraction of sp³-hybridized carbons (Fsp3) is 0.143. The second-order valence-corrected chi connectivity index (χ2v) is 8.07. The van der Waals surface area contributed by atoms with E-state index in [1.807, 2.05) is 11.4 Å². The SMILES string of the molecule is NS(=O)(=O)c1ccc(OCCSc2ncnc3sccc23)cc1. The molecular weight excluding hydrogens is 354 g/mol. The van der Waals surface area contributed by atoms with Crippen LogP contribution < -0.4 is 9.88 Å². The third kappa shape index (κ3) is 3.99. The van der Waals surface area contributed by atoms with Crippen LogP contribution >= 0.6 is 23.1 Å². The number of rotatable bonds is 6. The lowest BCUT2D eigenvalue weighted by Crippen LogP contribution is -2.11. The smallest absolute Gasteiger partial charge is 0.238 e. The van der Waals surface area contributed by atoms with E-state index in [1.54, 1.807) is 41.6 Å². The van der Waals surface area contributed by atoms with Crippen LogP contribution in [0.3, 0.4) is 0 Å². The predicted molar refractivity (Wildman–Crippen MR) is 91.4 cm³/mol. The number of sulfonamides is 1. The third-order valence-electron chi connectivity index (χ3n) is 2.97. The number of thioether (sulfide) groups is 1. The van der Waals surface area contributed by atoms with Gasteiger partial charge in [-0.15, -0.1) is 23.1 Å². The zero-order valence-corrected chi connectivity index (χ0v) is 14.3. The number of hydrogen-bond acceptors (Lipinski definition) is 7. The van der Waals surface area contributed by atoms with Crippen molar-refractivity contribution in [1.82, 2.24) is 9.97 Å². The van der Waals surface area contributed by atoms with Crippen LogP contribution in [0.5, 0.6) is 5.75 Å². The second-order valence-electron chi connectivity index (χ2n) is 4.53. The summed E-state index contributed by atoms with van der Waals surface area (Å²) in [5.74, 6) is 1.32. The van der Waals surface area contributed by atoms with Gasteiger partial charge in [-0.05, 0) is 35.7 Å². The van der Waals surface area contributed by atoms with E-state index in [-0.39, 0.29) is 4.90 Å². The van der Waals surface area contributed by atoms with Crippen LogP contribution in [0.1, 0.15) is 0 Å². The van der Waals surface area contributed by atoms with E-state index in [0.717, 1.165) is 21.0 Å². The summed E-state index contributed by atoms with van der Waals surface area (Å²) >= 11 is 3.18. The average molecular weight is 367 g/mol. The highest BCUT2D eigenvalue weighted by atomic mass is 32.2. The Morgan fingerprint density at radius 1 is 1.17 bits per heavy atom. The number of ether oxygens (including phenoxy) is 1. The van der Waals surface area contributed by atoms with Gasteiger partial charge in [-0.25, -0.2) is 23.5 Å². The molecule has 2 aromatic heterocycles. The molecule has 0 unspecified atom stereocenters. The molecule has 6 nitrogen and oxygen atoms in total. The van der Waals surface area contributed by atoms with Gasteiger partial charge in [0.1, 0.15) is 21.9 Å². The molecule has 1 aromatic carbocycles. The second kappa shape index (κ2) is 6.83. The highest BCUT2D eigenvalue weighted by Gasteiger charge is 2.08. The largest absolute Gasteiger partial charge is 0.493 e. The van der Waals surface area contributed by atoms with Gasteiger partial charge in [0, 0.05) is 11.1 Å². The summed E-state index contributed by atoms with van der Waals surface area (Å²) in [6, 6.07) is 8.04. The first-order valence-corrected chi connectivity index (χ1v) is 10.0. The van der Waals surface area contributed by atoms with E-state index in [4.69, 9.17) is 9.88 Å². The maximum absolute atomic E-state index is 11.2. The average Bonchev–Trinajstić information content (AvgIpc) is 3.00. The molecule has 3 aromatic rings. The first-order chi connectivity index (χ1) is 11.0. The van der Waals surface area contributed by atoms with Crippen LogP contribution in [0, 0.1) is 0 Å². The maximum atomic E-state index is 11.2. The van der Waals surface area contributed by atoms with Gasteiger partial charge in [0.2, 0.25) is 10.0 Å². The Morgan fingerprint density at radius 2 is 1.96 bits per heavy atom. The van der Waals surface area contributed by atoms with Gasteiger partial charge in [-0.3, -0.25) is 0 Å². The quantitative estimate of drug-likeness (QED) is 0.409. The number of aromatic nitrogens is 2. The molecular formula is C14H13N3O3S3. The minimum Gasteiger partial charge on any atom is -0.493 e. The molecule has 0 radical (unpaired) electrons. The van der Waals surface area contributed by atoms with Crippen LogP contribution in [-0.2, 0) is 10.0 Å². The minimum absolute atomic E-state index is 0.0695. The van der Waals surface area contributed by atoms with E-state index in [2.05, 4.69) is 9.97 Å². The zero-order chi connectivity index (χ0) is 16.3. The summed E-state index contributed by atoms with van der Waals surface area (Å²) in [6.07, 6.45) is 1.56. The zero-order valence-electron chi connectivity index (χ0n) is 11.9. The van der Waals surface area contributed by atoms with Crippen molar-refractivity contribution in [3.8, 4) is 5.75 Å². The number of benzene rings is 1. The van der Waals surface area contributed by atoms with E-state index < -0.39 is 10.0 Å². The van der Waals surface area contributed by atoms with Crippen LogP contribution in [0.15, 0.2) is 52.0 Å². The lowest BCUT2D eigenvalue weighted by atomic mass is 10.3. The van der Waals surface area contributed by atoms with Gasteiger partial charge < -0.3 is 4.74 Å². The molecule has 0 spiro atoms. The first kappa shape index (κ1) is 16.2. The molecule has 0 fully saturated rings. The van der Waals surface area contributed by atoms with Crippen molar-refractivity contribution in [3.63, 3.8) is 0 Å². The normalized spacial score (nSPS) is 11.7. The molecule has 0 saturated heterocycles. The Balaban J connectivity index is 1.55. The molecule has 23 heavy (non-hydrogen) atoms. The number of hydrogen-bond donors (Lipinski definition) is 1. The van der Waals surface area contributed by atoms with Crippen molar-refractivity contribution in [3.05, 3.63) is 42.0 Å². The third-order valence-corrected chi connectivity index (χ3v) is 5.69. The monoisotopic (exact) mass is 367 g/mol. The lowest BCUT2D eigenvalue weighted by molar-refractivity contribution is 0.343. The van der Waals surface area contributed by atoms with Gasteiger partial charge in [0.15, 0.2) is 0 Å². The molecule has 2 N–H and O–H groups in total. The molecule has 0 saturated carbocycles. The summed E-state index contributed by atoms with van der Waals surface area (Å²) in [6.45, 7) is 0.481. The number of nitrogens with two attached hydrogens (primary N) is 1. The minimum atomic E-state index is -3.67. The summed E-state index contributed by atoms with van der Waals surface area (Å²) < 4.78 is 27.9. The number of thiophene rings is 1. The molecule has 120 valence electrons. The van der Waals surface area contributed by atoms with Crippen molar-refractivity contribution >= 4 is 43.3 Å². The van der Waals surface area contributed by atoms with Crippen molar-refractivity contribution in [2.75, 3.05) is 12.4 Å². The molecule has 0 amide bonds. The Labute approximate surface area is 141 Å². The van der Waals surface area contributed by atoms with E-state index in [0.29, 0.717) is 12.4 Å². The first-order valence-electron chi connectivity index (χ1n) is 6.61. The number of fused-ring (bicyclic) bond motifs is 1. The van der Waals surface area contributed by atoms with E-state index >= 15 is 0 Å². The van der Waals surface area contributed by atoms with Gasteiger partial charge in [0.05, 0.1) is 11.5 Å². The predicted octanol–water partition coefficient (Wildman–Crippen LogP) is 2.51. The summed E-state index contributed by atoms with van der Waals surface area (Å²) in [5, 5.41) is 9.03. The number of nitrogens with zero attached hydrogens (tertiary/aromatic N) is 2. The number of primary sulfonamides is 1. The lowest BCUT2D eigenvalue weighted by Gasteiger charge is -2.07. The van der Waals surface area contributed by atoms with Gasteiger partial charge in [-0.1, -0.05) is 0 Å². The molecule has 3 rings (SSSR count). The van der Waals surface area contributed by atoms with Crippen molar-refractivity contribution in [1.29, 1.82) is 0 Å². The van der Waals surface area contributed by atoms with Crippen LogP contribution in [-0.4, -0.2) is 30.7 Å². The molecule has 0 aliphatic rings. The Morgan fingerprint density at radius 3 is 2.70 bits per heavy atom. The maximum Gasteiger partial charge on any atom is 0.238 e. The van der Waals surface area contributed by atoms with Crippen molar-refractivity contribution < 1.29 is 13.2 Å². The Kier molecular flexibility index (Phi) is 4.81. The summed E-state index contributed by atoms with van der Waals surface area (Å²) in [4.78, 5) is 9.54. The highest BCUT2D eigenvalue weighted by Crippen LogP contribution is 2.27. The fourth-order valence-electron chi connectivity index (χ4n) is 1.91.